The van der Waals surface area contributed by atoms with Gasteiger partial charge in [0, 0.05) is 44.3 Å². The van der Waals surface area contributed by atoms with Crippen LogP contribution in [0.15, 0.2) is 71.3 Å². The highest BCUT2D eigenvalue weighted by Crippen LogP contribution is 2.36. The van der Waals surface area contributed by atoms with E-state index in [1.807, 2.05) is 54.6 Å². The third-order valence-electron chi connectivity index (χ3n) is 5.65. The van der Waals surface area contributed by atoms with Crippen LogP contribution >= 0.6 is 0 Å². The summed E-state index contributed by atoms with van der Waals surface area (Å²) in [5, 5.41) is 4.19. The molecule has 4 rings (SSSR count). The maximum Gasteiger partial charge on any atom is 0.254 e. The summed E-state index contributed by atoms with van der Waals surface area (Å²) in [4.78, 5) is 30.0. The Hall–Kier alpha value is -3.41. The normalized spacial score (nSPS) is 18.4. The number of hydrogen-bond acceptors (Lipinski definition) is 4. The van der Waals surface area contributed by atoms with Crippen molar-refractivity contribution in [2.45, 2.75) is 24.8 Å². The van der Waals surface area contributed by atoms with Crippen LogP contribution in [0.4, 0.5) is 0 Å². The number of aromatic nitrogens is 1. The third-order valence-corrected chi connectivity index (χ3v) is 5.65. The molecule has 1 aliphatic rings. The van der Waals surface area contributed by atoms with Gasteiger partial charge >= 0.3 is 0 Å². The molecule has 1 aromatic heterocycles. The molecule has 2 amide bonds. The fraction of sp³-hybridized carbons (Fsp3) is 0.292. The molecule has 0 saturated carbocycles. The Kier molecular flexibility index (Phi) is 5.40. The maximum absolute atomic E-state index is 13.4. The molecule has 6 nitrogen and oxygen atoms in total. The molecule has 0 bridgehead atoms. The van der Waals surface area contributed by atoms with Gasteiger partial charge in [0.05, 0.1) is 0 Å². The molecule has 3 aromatic rings. The molecule has 1 saturated heterocycles. The standard InChI is InChI=1S/C24H25N3O3/c1-26(2)23(29)24(14-9-15-27(24)22(28)19-12-7-4-8-13-19)17-20-16-21(25-30-20)18-10-5-3-6-11-18/h3-8,10-13,16H,9,14-15,17H2,1-2H3/t24-/m1/s1. The first kappa shape index (κ1) is 19.9. The molecule has 0 unspecified atom stereocenters. The van der Waals surface area contributed by atoms with Crippen LogP contribution in [0.25, 0.3) is 11.3 Å². The number of rotatable bonds is 5. The molecule has 30 heavy (non-hydrogen) atoms. The van der Waals surface area contributed by atoms with Crippen LogP contribution in [0, 0.1) is 0 Å². The van der Waals surface area contributed by atoms with Crippen molar-refractivity contribution in [1.29, 1.82) is 0 Å². The molecule has 2 heterocycles. The van der Waals surface area contributed by atoms with Gasteiger partial charge in [0.25, 0.3) is 5.91 Å². The summed E-state index contributed by atoms with van der Waals surface area (Å²) >= 11 is 0. The SMILES string of the molecule is CN(C)C(=O)[C@]1(Cc2cc(-c3ccccc3)no2)CCCN1C(=O)c1ccccc1. The van der Waals surface area contributed by atoms with Crippen molar-refractivity contribution < 1.29 is 14.1 Å². The predicted octanol–water partition coefficient (Wildman–Crippen LogP) is 3.65. The van der Waals surface area contributed by atoms with Crippen molar-refractivity contribution >= 4 is 11.8 Å². The van der Waals surface area contributed by atoms with E-state index in [1.165, 1.54) is 0 Å². The van der Waals surface area contributed by atoms with E-state index < -0.39 is 5.54 Å². The Morgan fingerprint density at radius 1 is 1.07 bits per heavy atom. The summed E-state index contributed by atoms with van der Waals surface area (Å²) in [5.74, 6) is 0.366. The zero-order valence-corrected chi connectivity index (χ0v) is 17.2. The number of amides is 2. The monoisotopic (exact) mass is 403 g/mol. The summed E-state index contributed by atoms with van der Waals surface area (Å²) in [6.45, 7) is 0.535. The van der Waals surface area contributed by atoms with Gasteiger partial charge in [-0.2, -0.15) is 0 Å². The first-order valence-corrected chi connectivity index (χ1v) is 10.1. The van der Waals surface area contributed by atoms with E-state index in [1.54, 1.807) is 36.0 Å². The maximum atomic E-state index is 13.4. The number of carbonyl (C=O) groups excluding carboxylic acids is 2. The number of likely N-dealkylation sites (N-methyl/N-ethyl adjacent to an activating group) is 1. The van der Waals surface area contributed by atoms with Crippen molar-refractivity contribution in [3.05, 3.63) is 78.1 Å². The molecule has 0 radical (unpaired) electrons. The summed E-state index contributed by atoms with van der Waals surface area (Å²) in [7, 11) is 3.45. The molecular formula is C24H25N3O3. The van der Waals surface area contributed by atoms with Crippen LogP contribution in [0.5, 0.6) is 0 Å². The van der Waals surface area contributed by atoms with Crippen LogP contribution < -0.4 is 0 Å². The fourth-order valence-corrected chi connectivity index (χ4v) is 4.24. The van der Waals surface area contributed by atoms with Crippen LogP contribution in [0.1, 0.15) is 29.0 Å². The van der Waals surface area contributed by atoms with E-state index in [-0.39, 0.29) is 11.8 Å². The van der Waals surface area contributed by atoms with Gasteiger partial charge in [-0.25, -0.2) is 0 Å². The lowest BCUT2D eigenvalue weighted by Crippen LogP contribution is -2.58. The number of likely N-dealkylation sites (tertiary alicyclic amines) is 1. The van der Waals surface area contributed by atoms with Gasteiger partial charge in [-0.1, -0.05) is 53.7 Å². The minimum absolute atomic E-state index is 0.0954. The summed E-state index contributed by atoms with van der Waals surface area (Å²) in [6.07, 6.45) is 1.64. The van der Waals surface area contributed by atoms with Crippen LogP contribution in [0.3, 0.4) is 0 Å². The van der Waals surface area contributed by atoms with Crippen molar-refractivity contribution in [1.82, 2.24) is 15.0 Å². The van der Waals surface area contributed by atoms with Gasteiger partial charge in [-0.3, -0.25) is 9.59 Å². The van der Waals surface area contributed by atoms with E-state index in [9.17, 15) is 9.59 Å². The summed E-state index contributed by atoms with van der Waals surface area (Å²) in [6, 6.07) is 20.7. The first-order valence-electron chi connectivity index (χ1n) is 10.1. The Labute approximate surface area is 176 Å². The largest absolute Gasteiger partial charge is 0.361 e. The van der Waals surface area contributed by atoms with Gasteiger partial charge in [0.15, 0.2) is 0 Å². The lowest BCUT2D eigenvalue weighted by molar-refractivity contribution is -0.139. The van der Waals surface area contributed by atoms with Crippen LogP contribution in [-0.2, 0) is 11.2 Å². The lowest BCUT2D eigenvalue weighted by atomic mass is 9.88. The average Bonchev–Trinajstić information content (AvgIpc) is 3.42. The second kappa shape index (κ2) is 8.14. The first-order chi connectivity index (χ1) is 14.5. The topological polar surface area (TPSA) is 66.7 Å². The van der Waals surface area contributed by atoms with Crippen LogP contribution in [0.2, 0.25) is 0 Å². The Morgan fingerprint density at radius 2 is 1.73 bits per heavy atom. The van der Waals surface area contributed by atoms with E-state index in [4.69, 9.17) is 4.52 Å². The second-order valence-electron chi connectivity index (χ2n) is 7.88. The molecule has 154 valence electrons. The zero-order valence-electron chi connectivity index (χ0n) is 17.2. The molecule has 0 aliphatic carbocycles. The van der Waals surface area contributed by atoms with E-state index in [2.05, 4.69) is 5.16 Å². The van der Waals surface area contributed by atoms with Crippen molar-refractivity contribution in [3.63, 3.8) is 0 Å². The van der Waals surface area contributed by atoms with Gasteiger partial charge < -0.3 is 14.3 Å². The molecule has 2 aromatic carbocycles. The highest BCUT2D eigenvalue weighted by Gasteiger charge is 2.51. The van der Waals surface area contributed by atoms with E-state index in [0.29, 0.717) is 30.7 Å². The Bertz CT molecular complexity index is 1030. The minimum atomic E-state index is -0.982. The molecule has 1 atom stereocenters. The summed E-state index contributed by atoms with van der Waals surface area (Å²) in [5.41, 5.74) is 1.27. The predicted molar refractivity (Wildman–Crippen MR) is 114 cm³/mol. The fourth-order valence-electron chi connectivity index (χ4n) is 4.24. The highest BCUT2D eigenvalue weighted by molar-refractivity contribution is 5.99. The highest BCUT2D eigenvalue weighted by atomic mass is 16.5. The van der Waals surface area contributed by atoms with E-state index in [0.717, 1.165) is 17.7 Å². The van der Waals surface area contributed by atoms with Crippen molar-refractivity contribution in [2.75, 3.05) is 20.6 Å². The molecule has 0 N–H and O–H groups in total. The zero-order chi connectivity index (χ0) is 21.1. The quantitative estimate of drug-likeness (QED) is 0.652. The minimum Gasteiger partial charge on any atom is -0.361 e. The van der Waals surface area contributed by atoms with Gasteiger partial charge in [-0.05, 0) is 25.0 Å². The number of hydrogen-bond donors (Lipinski definition) is 0. The Balaban J connectivity index is 1.69. The number of benzene rings is 2. The molecule has 6 heteroatoms. The third kappa shape index (κ3) is 3.61. The van der Waals surface area contributed by atoms with Gasteiger partial charge in [0.1, 0.15) is 17.0 Å². The lowest BCUT2D eigenvalue weighted by Gasteiger charge is -2.38. The number of carbonyl (C=O) groups is 2. The molecule has 0 spiro atoms. The Morgan fingerprint density at radius 3 is 2.40 bits per heavy atom. The second-order valence-corrected chi connectivity index (χ2v) is 7.88. The smallest absolute Gasteiger partial charge is 0.254 e. The molecular weight excluding hydrogens is 378 g/mol. The summed E-state index contributed by atoms with van der Waals surface area (Å²) < 4.78 is 5.61. The molecule has 1 fully saturated rings. The van der Waals surface area contributed by atoms with E-state index >= 15 is 0 Å². The van der Waals surface area contributed by atoms with Crippen molar-refractivity contribution in [3.8, 4) is 11.3 Å². The average molecular weight is 403 g/mol. The molecule has 1 aliphatic heterocycles. The van der Waals surface area contributed by atoms with Crippen LogP contribution in [-0.4, -0.2) is 52.9 Å². The van der Waals surface area contributed by atoms with Gasteiger partial charge in [-0.15, -0.1) is 0 Å². The van der Waals surface area contributed by atoms with Gasteiger partial charge in [0.2, 0.25) is 5.91 Å². The van der Waals surface area contributed by atoms with Crippen molar-refractivity contribution in [2.24, 2.45) is 0 Å². The number of nitrogens with zero attached hydrogens (tertiary/aromatic N) is 3.